The van der Waals surface area contributed by atoms with E-state index >= 15 is 0 Å². The maximum absolute atomic E-state index is 13.6. The lowest BCUT2D eigenvalue weighted by Crippen LogP contribution is -2.41. The van der Waals surface area contributed by atoms with Crippen LogP contribution < -0.4 is 5.73 Å². The highest BCUT2D eigenvalue weighted by atomic mass is 19.1. The van der Waals surface area contributed by atoms with E-state index in [9.17, 15) is 24.3 Å². The number of carbonyl (C=O) groups is 2. The second-order valence-corrected chi connectivity index (χ2v) is 7.19. The summed E-state index contributed by atoms with van der Waals surface area (Å²) in [5.74, 6) is -1.97. The van der Waals surface area contributed by atoms with Gasteiger partial charge in [0.05, 0.1) is 5.69 Å². The number of aliphatic hydroxyl groups is 1. The van der Waals surface area contributed by atoms with Gasteiger partial charge in [0.25, 0.3) is 11.5 Å². The van der Waals surface area contributed by atoms with Gasteiger partial charge in [0.2, 0.25) is 0 Å². The molecule has 0 fully saturated rings. The number of rotatable bonds is 4. The number of amides is 1. The Morgan fingerprint density at radius 3 is 2.40 bits per heavy atom. The van der Waals surface area contributed by atoms with Crippen LogP contribution in [0, 0.1) is 17.1 Å². The monoisotopic (exact) mass is 403 g/mol. The third kappa shape index (κ3) is 2.90. The van der Waals surface area contributed by atoms with E-state index in [0.717, 1.165) is 0 Å². The van der Waals surface area contributed by atoms with Crippen molar-refractivity contribution in [2.24, 2.45) is 5.73 Å². The molecule has 6 nitrogen and oxygen atoms in total. The van der Waals surface area contributed by atoms with Gasteiger partial charge in [-0.1, -0.05) is 30.3 Å². The van der Waals surface area contributed by atoms with Crippen LogP contribution in [0.15, 0.2) is 54.6 Å². The lowest BCUT2D eigenvalue weighted by atomic mass is 9.84. The Morgan fingerprint density at radius 2 is 1.80 bits per heavy atom. The zero-order chi connectivity index (χ0) is 21.5. The fourth-order valence-corrected chi connectivity index (χ4v) is 4.03. The van der Waals surface area contributed by atoms with E-state index in [2.05, 4.69) is 0 Å². The largest absolute Gasteiger partial charge is 0.366 e. The molecule has 30 heavy (non-hydrogen) atoms. The Labute approximate surface area is 172 Å². The number of Topliss-reactive ketones (excluding diaryl/α,β-unsaturated/α-hetero) is 1. The zero-order valence-electron chi connectivity index (χ0n) is 15.9. The van der Waals surface area contributed by atoms with Crippen molar-refractivity contribution in [3.63, 3.8) is 0 Å². The number of ketones is 1. The normalized spacial score (nSPS) is 15.2. The molecule has 1 amide bonds. The molecule has 0 bridgehead atoms. The quantitative estimate of drug-likeness (QED) is 0.653. The van der Waals surface area contributed by atoms with E-state index in [0.29, 0.717) is 35.5 Å². The molecule has 1 unspecified atom stereocenters. The number of nitrogens with two attached hydrogens (primary N) is 1. The standard InChI is InChI=1S/C23H18FN3O3/c24-15-9-11-16(12-10-15)27-17-7-4-8-18(28)19(17)20(23(30,13-25)22(26)29)21(27)14-5-2-1-3-6-14/h1-3,5-6,9-12,30H,4,7-8H2,(H2,26,29). The van der Waals surface area contributed by atoms with Crippen LogP contribution >= 0.6 is 0 Å². The van der Waals surface area contributed by atoms with E-state index in [-0.39, 0.29) is 23.3 Å². The van der Waals surface area contributed by atoms with Crippen LogP contribution in [0.1, 0.15) is 34.5 Å². The van der Waals surface area contributed by atoms with Crippen molar-refractivity contribution in [3.8, 4) is 23.0 Å². The van der Waals surface area contributed by atoms with Crippen molar-refractivity contribution in [2.45, 2.75) is 24.9 Å². The van der Waals surface area contributed by atoms with Gasteiger partial charge < -0.3 is 15.4 Å². The molecule has 1 heterocycles. The molecule has 3 N–H and O–H groups in total. The van der Waals surface area contributed by atoms with Crippen molar-refractivity contribution in [1.82, 2.24) is 4.57 Å². The average Bonchev–Trinajstić information content (AvgIpc) is 3.11. The molecular formula is C23H18FN3O3. The Kier molecular flexibility index (Phi) is 4.72. The highest BCUT2D eigenvalue weighted by molar-refractivity contribution is 6.05. The van der Waals surface area contributed by atoms with Gasteiger partial charge in [-0.05, 0) is 42.7 Å². The molecule has 4 rings (SSSR count). The van der Waals surface area contributed by atoms with Gasteiger partial charge in [-0.2, -0.15) is 5.26 Å². The first-order chi connectivity index (χ1) is 14.4. The van der Waals surface area contributed by atoms with E-state index in [1.807, 2.05) is 0 Å². The minimum Gasteiger partial charge on any atom is -0.366 e. The van der Waals surface area contributed by atoms with Crippen LogP contribution in [0.3, 0.4) is 0 Å². The molecule has 150 valence electrons. The van der Waals surface area contributed by atoms with Crippen LogP contribution in [0.25, 0.3) is 16.9 Å². The maximum atomic E-state index is 13.6. The molecule has 3 aromatic rings. The number of fused-ring (bicyclic) bond motifs is 1. The number of hydrogen-bond donors (Lipinski definition) is 2. The Morgan fingerprint density at radius 1 is 1.13 bits per heavy atom. The van der Waals surface area contributed by atoms with Crippen LogP contribution in [-0.2, 0) is 16.8 Å². The predicted octanol–water partition coefficient (Wildman–Crippen LogP) is 3.00. The molecule has 1 atom stereocenters. The Hall–Kier alpha value is -3.76. The van der Waals surface area contributed by atoms with E-state index in [1.165, 1.54) is 12.1 Å². The second-order valence-electron chi connectivity index (χ2n) is 7.19. The number of nitriles is 1. The van der Waals surface area contributed by atoms with Gasteiger partial charge in [-0.3, -0.25) is 9.59 Å². The molecule has 0 radical (unpaired) electrons. The number of nitrogens with zero attached hydrogens (tertiary/aromatic N) is 2. The molecule has 0 spiro atoms. The SMILES string of the molecule is N#CC(O)(C(N)=O)c1c2c(n(-c3ccc(F)cc3)c1-c1ccccc1)CCCC2=O. The second kappa shape index (κ2) is 7.25. The summed E-state index contributed by atoms with van der Waals surface area (Å²) in [6, 6.07) is 16.1. The van der Waals surface area contributed by atoms with Crippen molar-refractivity contribution in [1.29, 1.82) is 5.26 Å². The number of halogens is 1. The minimum absolute atomic E-state index is 0.118. The number of benzene rings is 2. The predicted molar refractivity (Wildman–Crippen MR) is 107 cm³/mol. The first-order valence-electron chi connectivity index (χ1n) is 9.44. The summed E-state index contributed by atoms with van der Waals surface area (Å²) >= 11 is 0. The van der Waals surface area contributed by atoms with Crippen LogP contribution in [0.5, 0.6) is 0 Å². The van der Waals surface area contributed by atoms with Crippen molar-refractivity contribution >= 4 is 11.7 Å². The average molecular weight is 403 g/mol. The maximum Gasteiger partial charge on any atom is 0.269 e. The number of hydrogen-bond acceptors (Lipinski definition) is 4. The van der Waals surface area contributed by atoms with Gasteiger partial charge in [0.1, 0.15) is 11.9 Å². The zero-order valence-corrected chi connectivity index (χ0v) is 15.9. The highest BCUT2D eigenvalue weighted by Gasteiger charge is 2.46. The number of primary amides is 1. The van der Waals surface area contributed by atoms with Gasteiger partial charge in [-0.25, -0.2) is 4.39 Å². The molecule has 1 aliphatic rings. The molecule has 0 saturated heterocycles. The summed E-state index contributed by atoms with van der Waals surface area (Å²) in [6.45, 7) is 0. The van der Waals surface area contributed by atoms with Crippen LogP contribution in [-0.4, -0.2) is 21.4 Å². The summed E-state index contributed by atoms with van der Waals surface area (Å²) in [4.78, 5) is 25.1. The summed E-state index contributed by atoms with van der Waals surface area (Å²) in [5.41, 5.74) is 4.72. The molecule has 2 aromatic carbocycles. The van der Waals surface area contributed by atoms with Gasteiger partial charge in [0, 0.05) is 28.9 Å². The molecule has 1 aliphatic carbocycles. The summed E-state index contributed by atoms with van der Waals surface area (Å²) < 4.78 is 15.3. The van der Waals surface area contributed by atoms with Crippen LogP contribution in [0.2, 0.25) is 0 Å². The Balaban J connectivity index is 2.20. The van der Waals surface area contributed by atoms with E-state index in [1.54, 1.807) is 53.1 Å². The number of aromatic nitrogens is 1. The van der Waals surface area contributed by atoms with Gasteiger partial charge in [0.15, 0.2) is 5.78 Å². The molecule has 1 aromatic heterocycles. The fraction of sp³-hybridized carbons (Fsp3) is 0.174. The lowest BCUT2D eigenvalue weighted by Gasteiger charge is -2.20. The smallest absolute Gasteiger partial charge is 0.269 e. The molecule has 0 aliphatic heterocycles. The van der Waals surface area contributed by atoms with E-state index < -0.39 is 17.3 Å². The van der Waals surface area contributed by atoms with Gasteiger partial charge >= 0.3 is 0 Å². The third-order valence-corrected chi connectivity index (χ3v) is 5.38. The fourth-order valence-electron chi connectivity index (χ4n) is 4.03. The minimum atomic E-state index is -2.70. The first-order valence-corrected chi connectivity index (χ1v) is 9.44. The lowest BCUT2D eigenvalue weighted by molar-refractivity contribution is -0.131. The molecule has 0 saturated carbocycles. The highest BCUT2D eigenvalue weighted by Crippen LogP contribution is 2.43. The number of carbonyl (C=O) groups excluding carboxylic acids is 2. The molecule has 7 heteroatoms. The first kappa shape index (κ1) is 19.6. The van der Waals surface area contributed by atoms with Crippen LogP contribution in [0.4, 0.5) is 4.39 Å². The van der Waals surface area contributed by atoms with Crippen molar-refractivity contribution < 1.29 is 19.1 Å². The Bertz CT molecular complexity index is 1190. The molecular weight excluding hydrogens is 385 g/mol. The van der Waals surface area contributed by atoms with Crippen molar-refractivity contribution in [2.75, 3.05) is 0 Å². The van der Waals surface area contributed by atoms with Gasteiger partial charge in [-0.15, -0.1) is 0 Å². The summed E-state index contributed by atoms with van der Waals surface area (Å²) in [7, 11) is 0. The van der Waals surface area contributed by atoms with Crippen molar-refractivity contribution in [3.05, 3.63) is 77.2 Å². The topological polar surface area (TPSA) is 109 Å². The van der Waals surface area contributed by atoms with E-state index in [4.69, 9.17) is 5.73 Å². The summed E-state index contributed by atoms with van der Waals surface area (Å²) in [6.07, 6.45) is 1.28. The third-order valence-electron chi connectivity index (χ3n) is 5.38. The summed E-state index contributed by atoms with van der Waals surface area (Å²) in [5, 5.41) is 20.7.